The molecule has 1 heterocycles. The van der Waals surface area contributed by atoms with E-state index in [1.165, 1.54) is 5.56 Å². The van der Waals surface area contributed by atoms with Crippen molar-refractivity contribution in [3.8, 4) is 0 Å². The number of likely N-dealkylation sites (tertiary alicyclic amines) is 1. The van der Waals surface area contributed by atoms with Crippen LogP contribution in [0.3, 0.4) is 0 Å². The molecule has 0 N–H and O–H groups in total. The number of nitrogens with zero attached hydrogens (tertiary/aromatic N) is 1. The highest BCUT2D eigenvalue weighted by molar-refractivity contribution is 5.94. The Morgan fingerprint density at radius 2 is 1.72 bits per heavy atom. The standard InChI is InChI=1S/C20H29NO4/c1-3-18(19(22)24-4-2)20(23)25-15-17-10-12-21(13-11-17)14-16-8-6-5-7-9-16/h5-9,17-18H,3-4,10-15H2,1-2H3. The van der Waals surface area contributed by atoms with Crippen LogP contribution in [0.4, 0.5) is 0 Å². The second-order valence-electron chi connectivity index (χ2n) is 6.55. The molecule has 1 saturated heterocycles. The molecule has 1 aliphatic rings. The third kappa shape index (κ3) is 6.16. The molecule has 0 aromatic heterocycles. The minimum atomic E-state index is -0.793. The van der Waals surface area contributed by atoms with Crippen molar-refractivity contribution in [2.45, 2.75) is 39.7 Å². The summed E-state index contributed by atoms with van der Waals surface area (Å²) in [7, 11) is 0. The van der Waals surface area contributed by atoms with Crippen LogP contribution in [-0.4, -0.2) is 43.1 Å². The van der Waals surface area contributed by atoms with Gasteiger partial charge in [0.05, 0.1) is 13.2 Å². The zero-order chi connectivity index (χ0) is 18.1. The number of piperidine rings is 1. The van der Waals surface area contributed by atoms with Gasteiger partial charge >= 0.3 is 11.9 Å². The molecule has 1 atom stereocenters. The molecule has 0 saturated carbocycles. The summed E-state index contributed by atoms with van der Waals surface area (Å²) in [5.74, 6) is -1.35. The summed E-state index contributed by atoms with van der Waals surface area (Å²) in [4.78, 5) is 26.3. The van der Waals surface area contributed by atoms with Gasteiger partial charge in [-0.25, -0.2) is 0 Å². The van der Waals surface area contributed by atoms with Gasteiger partial charge in [0, 0.05) is 6.54 Å². The maximum atomic E-state index is 12.1. The van der Waals surface area contributed by atoms with Crippen LogP contribution < -0.4 is 0 Å². The Kier molecular flexibility index (Phi) is 7.92. The van der Waals surface area contributed by atoms with Crippen LogP contribution in [0.25, 0.3) is 0 Å². The first-order chi connectivity index (χ1) is 12.1. The van der Waals surface area contributed by atoms with Crippen molar-refractivity contribution in [1.82, 2.24) is 4.90 Å². The summed E-state index contributed by atoms with van der Waals surface area (Å²) < 4.78 is 10.3. The Bertz CT molecular complexity index is 538. The molecule has 25 heavy (non-hydrogen) atoms. The summed E-state index contributed by atoms with van der Waals surface area (Å²) in [6.07, 6.45) is 2.43. The lowest BCUT2D eigenvalue weighted by atomic mass is 9.97. The van der Waals surface area contributed by atoms with Gasteiger partial charge in [-0.1, -0.05) is 37.3 Å². The van der Waals surface area contributed by atoms with Crippen LogP contribution >= 0.6 is 0 Å². The van der Waals surface area contributed by atoms with Crippen LogP contribution in [0, 0.1) is 11.8 Å². The van der Waals surface area contributed by atoms with Crippen molar-refractivity contribution in [2.75, 3.05) is 26.3 Å². The normalized spacial score (nSPS) is 17.0. The molecule has 1 aromatic rings. The first-order valence-corrected chi connectivity index (χ1v) is 9.23. The van der Waals surface area contributed by atoms with E-state index in [1.807, 2.05) is 6.07 Å². The molecular formula is C20H29NO4. The summed E-state index contributed by atoms with van der Waals surface area (Å²) in [6.45, 7) is 7.19. The van der Waals surface area contributed by atoms with Gasteiger partial charge < -0.3 is 9.47 Å². The fourth-order valence-corrected chi connectivity index (χ4v) is 3.13. The van der Waals surface area contributed by atoms with E-state index in [9.17, 15) is 9.59 Å². The van der Waals surface area contributed by atoms with Crippen LogP contribution in [-0.2, 0) is 25.6 Å². The lowest BCUT2D eigenvalue weighted by molar-refractivity contribution is -0.163. The van der Waals surface area contributed by atoms with Crippen molar-refractivity contribution >= 4 is 11.9 Å². The third-order valence-electron chi connectivity index (χ3n) is 4.68. The third-order valence-corrected chi connectivity index (χ3v) is 4.68. The molecule has 0 bridgehead atoms. The fraction of sp³-hybridized carbons (Fsp3) is 0.600. The van der Waals surface area contributed by atoms with E-state index in [2.05, 4.69) is 29.2 Å². The molecule has 1 fully saturated rings. The SMILES string of the molecule is CCOC(=O)C(CC)C(=O)OCC1CCN(Cc2ccccc2)CC1. The van der Waals surface area contributed by atoms with E-state index in [-0.39, 0.29) is 6.61 Å². The van der Waals surface area contributed by atoms with E-state index in [4.69, 9.17) is 9.47 Å². The topological polar surface area (TPSA) is 55.8 Å². The number of ether oxygens (including phenoxy) is 2. The van der Waals surface area contributed by atoms with Crippen LogP contribution in [0.1, 0.15) is 38.7 Å². The van der Waals surface area contributed by atoms with E-state index in [1.54, 1.807) is 13.8 Å². The maximum absolute atomic E-state index is 12.1. The van der Waals surface area contributed by atoms with Crippen molar-refractivity contribution < 1.29 is 19.1 Å². The van der Waals surface area contributed by atoms with E-state index in [0.717, 1.165) is 32.5 Å². The summed E-state index contributed by atoms with van der Waals surface area (Å²) in [6, 6.07) is 10.5. The first-order valence-electron chi connectivity index (χ1n) is 9.23. The molecule has 5 heteroatoms. The lowest BCUT2D eigenvalue weighted by Crippen LogP contribution is -2.36. The molecule has 0 amide bonds. The predicted molar refractivity (Wildman–Crippen MR) is 95.8 cm³/mol. The predicted octanol–water partition coefficient (Wildman–Crippen LogP) is 3.03. The Labute approximate surface area is 150 Å². The zero-order valence-corrected chi connectivity index (χ0v) is 15.3. The molecule has 0 radical (unpaired) electrons. The van der Waals surface area contributed by atoms with Gasteiger partial charge in [-0.05, 0) is 50.8 Å². The summed E-state index contributed by atoms with van der Waals surface area (Å²) >= 11 is 0. The fourth-order valence-electron chi connectivity index (χ4n) is 3.13. The number of hydrogen-bond acceptors (Lipinski definition) is 5. The highest BCUT2D eigenvalue weighted by atomic mass is 16.6. The largest absolute Gasteiger partial charge is 0.465 e. The molecule has 1 aromatic carbocycles. The quantitative estimate of drug-likeness (QED) is 0.534. The highest BCUT2D eigenvalue weighted by Gasteiger charge is 2.29. The summed E-state index contributed by atoms with van der Waals surface area (Å²) in [5.41, 5.74) is 1.33. The van der Waals surface area contributed by atoms with Gasteiger partial charge in [-0.15, -0.1) is 0 Å². The number of hydrogen-bond donors (Lipinski definition) is 0. The summed E-state index contributed by atoms with van der Waals surface area (Å²) in [5, 5.41) is 0. The molecule has 5 nitrogen and oxygen atoms in total. The number of carbonyl (C=O) groups excluding carboxylic acids is 2. The Balaban J connectivity index is 1.71. The number of esters is 2. The molecule has 138 valence electrons. The first kappa shape index (κ1) is 19.4. The number of benzene rings is 1. The van der Waals surface area contributed by atoms with Crippen LogP contribution in [0.15, 0.2) is 30.3 Å². The maximum Gasteiger partial charge on any atom is 0.320 e. The minimum absolute atomic E-state index is 0.280. The minimum Gasteiger partial charge on any atom is -0.465 e. The van der Waals surface area contributed by atoms with Gasteiger partial charge in [-0.3, -0.25) is 14.5 Å². The van der Waals surface area contributed by atoms with Crippen molar-refractivity contribution in [2.24, 2.45) is 11.8 Å². The van der Waals surface area contributed by atoms with Crippen LogP contribution in [0.2, 0.25) is 0 Å². The van der Waals surface area contributed by atoms with E-state index >= 15 is 0 Å². The monoisotopic (exact) mass is 347 g/mol. The average Bonchev–Trinajstić information content (AvgIpc) is 2.63. The molecule has 1 unspecified atom stereocenters. The van der Waals surface area contributed by atoms with Gasteiger partial charge in [0.25, 0.3) is 0 Å². The van der Waals surface area contributed by atoms with Gasteiger partial charge in [-0.2, -0.15) is 0 Å². The molecular weight excluding hydrogens is 318 g/mol. The smallest absolute Gasteiger partial charge is 0.320 e. The second kappa shape index (κ2) is 10.2. The van der Waals surface area contributed by atoms with Gasteiger partial charge in [0.1, 0.15) is 0 Å². The average molecular weight is 347 g/mol. The van der Waals surface area contributed by atoms with Gasteiger partial charge in [0.2, 0.25) is 0 Å². The van der Waals surface area contributed by atoms with Crippen molar-refractivity contribution in [3.05, 3.63) is 35.9 Å². The van der Waals surface area contributed by atoms with Crippen molar-refractivity contribution in [3.63, 3.8) is 0 Å². The number of rotatable bonds is 8. The van der Waals surface area contributed by atoms with E-state index in [0.29, 0.717) is 18.9 Å². The lowest BCUT2D eigenvalue weighted by Gasteiger charge is -2.31. The van der Waals surface area contributed by atoms with Gasteiger partial charge in [0.15, 0.2) is 5.92 Å². The molecule has 0 spiro atoms. The van der Waals surface area contributed by atoms with Crippen LogP contribution in [0.5, 0.6) is 0 Å². The highest BCUT2D eigenvalue weighted by Crippen LogP contribution is 2.20. The Morgan fingerprint density at radius 3 is 2.32 bits per heavy atom. The Hall–Kier alpha value is -1.88. The van der Waals surface area contributed by atoms with Crippen molar-refractivity contribution in [1.29, 1.82) is 0 Å². The molecule has 2 rings (SSSR count). The molecule has 1 aliphatic heterocycles. The molecule has 0 aliphatic carbocycles. The zero-order valence-electron chi connectivity index (χ0n) is 15.3. The Morgan fingerprint density at radius 1 is 1.08 bits per heavy atom. The second-order valence-corrected chi connectivity index (χ2v) is 6.55. The van der Waals surface area contributed by atoms with E-state index < -0.39 is 17.9 Å². The number of carbonyl (C=O) groups is 2.